The Hall–Kier alpha value is -2.90. The molecule has 0 N–H and O–H groups in total. The molecule has 6 nitrogen and oxygen atoms in total. The summed E-state index contributed by atoms with van der Waals surface area (Å²) in [5.74, 6) is 0.294. The van der Waals surface area contributed by atoms with Crippen LogP contribution in [0.15, 0.2) is 71.6 Å². The molecule has 2 aliphatic heterocycles. The molecule has 0 aromatic heterocycles. The van der Waals surface area contributed by atoms with Gasteiger partial charge in [0, 0.05) is 13.1 Å². The third-order valence-electron chi connectivity index (χ3n) is 6.09. The number of hydrogen-bond donors (Lipinski definition) is 0. The third kappa shape index (κ3) is 3.68. The molecule has 1 atom stereocenters. The van der Waals surface area contributed by atoms with Crippen molar-refractivity contribution >= 4 is 32.4 Å². The number of nitrogens with zero attached hydrogens (tertiary/aromatic N) is 2. The fourth-order valence-corrected chi connectivity index (χ4v) is 6.02. The van der Waals surface area contributed by atoms with Crippen molar-refractivity contribution in [3.8, 4) is 5.75 Å². The number of carbonyl (C=O) groups is 1. The lowest BCUT2D eigenvalue weighted by molar-refractivity contribution is -0.123. The van der Waals surface area contributed by atoms with Gasteiger partial charge in [-0.25, -0.2) is 8.42 Å². The van der Waals surface area contributed by atoms with Gasteiger partial charge in [-0.1, -0.05) is 42.5 Å². The number of amides is 1. The van der Waals surface area contributed by atoms with Crippen LogP contribution in [0.1, 0.15) is 12.8 Å². The molecule has 1 fully saturated rings. The number of anilines is 1. The summed E-state index contributed by atoms with van der Waals surface area (Å²) in [5, 5.41) is 1.89. The molecule has 1 saturated heterocycles. The first kappa shape index (κ1) is 20.0. The SMILES string of the molecule is O=C([C@@H]1CCCN(S(=O)(=O)c2ccc3ccccc3c2)C1)N1CCOc2ccccc21. The van der Waals surface area contributed by atoms with E-state index in [1.54, 1.807) is 17.0 Å². The summed E-state index contributed by atoms with van der Waals surface area (Å²) in [6.45, 7) is 1.55. The van der Waals surface area contributed by atoms with E-state index in [1.807, 2.05) is 54.6 Å². The lowest BCUT2D eigenvalue weighted by Crippen LogP contribution is -2.48. The maximum absolute atomic E-state index is 13.4. The van der Waals surface area contributed by atoms with E-state index in [-0.39, 0.29) is 23.3 Å². The van der Waals surface area contributed by atoms with E-state index in [0.717, 1.165) is 16.5 Å². The number of rotatable bonds is 3. The van der Waals surface area contributed by atoms with Crippen molar-refractivity contribution in [3.05, 3.63) is 66.7 Å². The first-order chi connectivity index (χ1) is 15.0. The summed E-state index contributed by atoms with van der Waals surface area (Å²) >= 11 is 0. The predicted molar refractivity (Wildman–Crippen MR) is 120 cm³/mol. The van der Waals surface area contributed by atoms with Gasteiger partial charge in [0.15, 0.2) is 0 Å². The van der Waals surface area contributed by atoms with E-state index in [9.17, 15) is 13.2 Å². The van der Waals surface area contributed by atoms with Gasteiger partial charge in [0.1, 0.15) is 12.4 Å². The monoisotopic (exact) mass is 436 g/mol. The van der Waals surface area contributed by atoms with Crippen LogP contribution in [0.2, 0.25) is 0 Å². The molecule has 3 aromatic rings. The highest BCUT2D eigenvalue weighted by atomic mass is 32.2. The largest absolute Gasteiger partial charge is 0.490 e. The standard InChI is InChI=1S/C24H24N2O4S/c27-24(26-14-15-30-23-10-4-3-9-22(23)26)20-8-5-13-25(17-20)31(28,29)21-12-11-18-6-1-2-7-19(18)16-21/h1-4,6-7,9-12,16,20H,5,8,13-15,17H2/t20-/m1/s1. The molecule has 3 aromatic carbocycles. The average Bonchev–Trinajstić information content (AvgIpc) is 2.83. The van der Waals surface area contributed by atoms with Crippen molar-refractivity contribution in [1.29, 1.82) is 0 Å². The minimum absolute atomic E-state index is 0.0332. The molecular weight excluding hydrogens is 412 g/mol. The van der Waals surface area contributed by atoms with Crippen LogP contribution in [0, 0.1) is 5.92 Å². The zero-order valence-electron chi connectivity index (χ0n) is 17.1. The predicted octanol–water partition coefficient (Wildman–Crippen LogP) is 3.67. The normalized spacial score (nSPS) is 19.6. The molecule has 0 aliphatic carbocycles. The molecule has 2 heterocycles. The van der Waals surface area contributed by atoms with Crippen LogP contribution in [0.3, 0.4) is 0 Å². The first-order valence-corrected chi connectivity index (χ1v) is 12.0. The number of fused-ring (bicyclic) bond motifs is 2. The van der Waals surface area contributed by atoms with Crippen LogP contribution in [0.5, 0.6) is 5.75 Å². The van der Waals surface area contributed by atoms with Crippen LogP contribution in [-0.2, 0) is 14.8 Å². The topological polar surface area (TPSA) is 66.9 Å². The van der Waals surface area contributed by atoms with Crippen molar-refractivity contribution in [2.45, 2.75) is 17.7 Å². The van der Waals surface area contributed by atoms with Crippen LogP contribution >= 0.6 is 0 Å². The van der Waals surface area contributed by atoms with Gasteiger partial charge in [0.2, 0.25) is 15.9 Å². The Labute approximate surface area is 182 Å². The van der Waals surface area contributed by atoms with Crippen molar-refractivity contribution in [2.24, 2.45) is 5.92 Å². The molecule has 5 rings (SSSR count). The number of carbonyl (C=O) groups excluding carboxylic acids is 1. The highest BCUT2D eigenvalue weighted by molar-refractivity contribution is 7.89. The third-order valence-corrected chi connectivity index (χ3v) is 7.95. The van der Waals surface area contributed by atoms with E-state index < -0.39 is 10.0 Å². The zero-order chi connectivity index (χ0) is 21.4. The fourth-order valence-electron chi connectivity index (χ4n) is 4.46. The smallest absolute Gasteiger partial charge is 0.243 e. The minimum atomic E-state index is -3.67. The first-order valence-electron chi connectivity index (χ1n) is 10.6. The summed E-state index contributed by atoms with van der Waals surface area (Å²) in [5.41, 5.74) is 0.758. The van der Waals surface area contributed by atoms with Crippen molar-refractivity contribution in [2.75, 3.05) is 31.1 Å². The van der Waals surface area contributed by atoms with E-state index in [0.29, 0.717) is 38.3 Å². The van der Waals surface area contributed by atoms with Gasteiger partial charge in [-0.2, -0.15) is 4.31 Å². The second-order valence-corrected chi connectivity index (χ2v) is 9.96. The summed E-state index contributed by atoms with van der Waals surface area (Å²) < 4.78 is 33.8. The zero-order valence-corrected chi connectivity index (χ0v) is 17.9. The van der Waals surface area contributed by atoms with Crippen LogP contribution in [0.25, 0.3) is 10.8 Å². The number of sulfonamides is 1. The van der Waals surface area contributed by atoms with Gasteiger partial charge in [0.05, 0.1) is 23.0 Å². The van der Waals surface area contributed by atoms with Crippen molar-refractivity contribution in [3.63, 3.8) is 0 Å². The Morgan fingerprint density at radius 2 is 1.71 bits per heavy atom. The lowest BCUT2D eigenvalue weighted by Gasteiger charge is -2.36. The molecule has 0 saturated carbocycles. The lowest BCUT2D eigenvalue weighted by atomic mass is 9.97. The quantitative estimate of drug-likeness (QED) is 0.628. The highest BCUT2D eigenvalue weighted by Crippen LogP contribution is 2.34. The van der Waals surface area contributed by atoms with E-state index in [1.165, 1.54) is 4.31 Å². The molecule has 0 unspecified atom stereocenters. The molecule has 0 radical (unpaired) electrons. The van der Waals surface area contributed by atoms with Crippen molar-refractivity contribution in [1.82, 2.24) is 4.31 Å². The molecule has 1 amide bonds. The molecule has 0 spiro atoms. The molecule has 160 valence electrons. The van der Waals surface area contributed by atoms with E-state index >= 15 is 0 Å². The van der Waals surface area contributed by atoms with Gasteiger partial charge < -0.3 is 9.64 Å². The van der Waals surface area contributed by atoms with Gasteiger partial charge in [-0.15, -0.1) is 0 Å². The maximum atomic E-state index is 13.4. The minimum Gasteiger partial charge on any atom is -0.490 e. The highest BCUT2D eigenvalue weighted by Gasteiger charge is 2.36. The second kappa shape index (κ2) is 7.98. The molecular formula is C24H24N2O4S. The Balaban J connectivity index is 1.39. The Morgan fingerprint density at radius 1 is 0.935 bits per heavy atom. The van der Waals surface area contributed by atoms with Gasteiger partial charge in [0.25, 0.3) is 0 Å². The Bertz CT molecular complexity index is 1240. The second-order valence-electron chi connectivity index (χ2n) is 8.02. The van der Waals surface area contributed by atoms with E-state index in [4.69, 9.17) is 4.74 Å². The van der Waals surface area contributed by atoms with Gasteiger partial charge in [-0.05, 0) is 47.9 Å². The summed E-state index contributed by atoms with van der Waals surface area (Å²) in [4.78, 5) is 15.4. The molecule has 31 heavy (non-hydrogen) atoms. The molecule has 0 bridgehead atoms. The summed E-state index contributed by atoms with van der Waals surface area (Å²) in [6.07, 6.45) is 1.34. The Morgan fingerprint density at radius 3 is 2.58 bits per heavy atom. The summed E-state index contributed by atoms with van der Waals surface area (Å²) in [6, 6.07) is 20.4. The number of benzene rings is 3. The van der Waals surface area contributed by atoms with Gasteiger partial charge >= 0.3 is 0 Å². The van der Waals surface area contributed by atoms with Crippen molar-refractivity contribution < 1.29 is 17.9 Å². The average molecular weight is 437 g/mol. The fraction of sp³-hybridized carbons (Fsp3) is 0.292. The Kier molecular flexibility index (Phi) is 5.16. The molecule has 7 heteroatoms. The van der Waals surface area contributed by atoms with Crippen LogP contribution in [-0.4, -0.2) is 44.9 Å². The number of piperidine rings is 1. The number of para-hydroxylation sites is 2. The van der Waals surface area contributed by atoms with Gasteiger partial charge in [-0.3, -0.25) is 4.79 Å². The molecule has 2 aliphatic rings. The van der Waals surface area contributed by atoms with E-state index in [2.05, 4.69) is 0 Å². The van der Waals surface area contributed by atoms with Crippen LogP contribution < -0.4 is 9.64 Å². The summed E-state index contributed by atoms with van der Waals surface area (Å²) in [7, 11) is -3.67. The maximum Gasteiger partial charge on any atom is 0.243 e. The number of hydrogen-bond acceptors (Lipinski definition) is 4. The number of ether oxygens (including phenoxy) is 1. The van der Waals surface area contributed by atoms with Crippen LogP contribution in [0.4, 0.5) is 5.69 Å².